The molecule has 2 heterocycles. The van der Waals surface area contributed by atoms with Gasteiger partial charge in [0.15, 0.2) is 5.82 Å². The molecule has 0 spiro atoms. The predicted molar refractivity (Wildman–Crippen MR) is 177 cm³/mol. The minimum absolute atomic E-state index is 0.0154. The van der Waals surface area contributed by atoms with Crippen molar-refractivity contribution in [2.75, 3.05) is 5.32 Å². The first-order chi connectivity index (χ1) is 21.7. The molecule has 3 aromatic carbocycles. The van der Waals surface area contributed by atoms with Crippen molar-refractivity contribution in [1.82, 2.24) is 20.0 Å². The second-order valence-electron chi connectivity index (χ2n) is 11.0. The molecule has 0 atom stereocenters. The van der Waals surface area contributed by atoms with Gasteiger partial charge in [-0.1, -0.05) is 130 Å². The Labute approximate surface area is 259 Å². The van der Waals surface area contributed by atoms with Crippen molar-refractivity contribution in [2.45, 2.75) is 64.3 Å². The van der Waals surface area contributed by atoms with Crippen molar-refractivity contribution >= 4 is 11.7 Å². The van der Waals surface area contributed by atoms with Gasteiger partial charge in [0.1, 0.15) is 5.49 Å². The average Bonchev–Trinajstić information content (AvgIpc) is 3.08. The topological polar surface area (TPSA) is 96.5 Å². The summed E-state index contributed by atoms with van der Waals surface area (Å²) in [5.74, 6) is 0.474. The van der Waals surface area contributed by atoms with E-state index in [4.69, 9.17) is 10.5 Å². The summed E-state index contributed by atoms with van der Waals surface area (Å²) in [5.41, 5.74) is 6.13. The van der Waals surface area contributed by atoms with Crippen LogP contribution in [0.5, 0.6) is 0 Å². The van der Waals surface area contributed by atoms with Crippen molar-refractivity contribution in [2.24, 2.45) is 0 Å². The molecule has 0 saturated carbocycles. The molecule has 2 N–H and O–H groups in total. The third kappa shape index (κ3) is 8.80. The van der Waals surface area contributed by atoms with Gasteiger partial charge in [-0.05, 0) is 36.6 Å². The van der Waals surface area contributed by atoms with E-state index >= 15 is 0 Å². The van der Waals surface area contributed by atoms with Crippen molar-refractivity contribution in [3.63, 3.8) is 0 Å². The molecule has 7 heteroatoms. The van der Waals surface area contributed by atoms with E-state index < -0.39 is 0 Å². The average molecular weight is 585 g/mol. The molecule has 0 bridgehead atoms. The van der Waals surface area contributed by atoms with Crippen LogP contribution < -0.4 is 10.8 Å². The molecular formula is C37H40N6O. The van der Waals surface area contributed by atoms with E-state index in [0.29, 0.717) is 17.7 Å². The summed E-state index contributed by atoms with van der Waals surface area (Å²) in [6.45, 7) is 0.730. The number of carbonyl (C=O) groups excluding carboxylic acids is 1. The first-order valence-electron chi connectivity index (χ1n) is 15.6. The molecule has 224 valence electrons. The summed E-state index contributed by atoms with van der Waals surface area (Å²) >= 11 is 0. The van der Waals surface area contributed by atoms with Crippen LogP contribution >= 0.6 is 0 Å². The number of benzene rings is 3. The molecule has 0 aliphatic carbocycles. The zero-order valence-electron chi connectivity index (χ0n) is 25.2. The van der Waals surface area contributed by atoms with E-state index in [1.54, 1.807) is 6.07 Å². The van der Waals surface area contributed by atoms with Crippen molar-refractivity contribution in [3.05, 3.63) is 115 Å². The lowest BCUT2D eigenvalue weighted by molar-refractivity contribution is -0.116. The molecule has 0 unspecified atom stereocenters. The normalized spacial score (nSPS) is 10.9. The van der Waals surface area contributed by atoms with E-state index in [9.17, 15) is 4.79 Å². The van der Waals surface area contributed by atoms with Crippen LogP contribution in [0.1, 0.15) is 57.8 Å². The third-order valence-corrected chi connectivity index (χ3v) is 7.70. The largest absolute Gasteiger partial charge is 0.309 e. The molecule has 5 aromatic rings. The smallest absolute Gasteiger partial charge is 0.225 e. The van der Waals surface area contributed by atoms with Gasteiger partial charge in [-0.15, -0.1) is 10.2 Å². The monoisotopic (exact) mass is 584 g/mol. The summed E-state index contributed by atoms with van der Waals surface area (Å²) in [6, 6.07) is 35.9. The van der Waals surface area contributed by atoms with Gasteiger partial charge in [0.2, 0.25) is 5.91 Å². The first-order valence-corrected chi connectivity index (χ1v) is 15.6. The molecule has 1 amide bonds. The number of unbranched alkanes of at least 4 members (excludes halogenated alkanes) is 7. The quantitative estimate of drug-likeness (QED) is 0.121. The Balaban J connectivity index is 0.991. The fourth-order valence-corrected chi connectivity index (χ4v) is 5.28. The van der Waals surface area contributed by atoms with E-state index in [1.807, 2.05) is 83.5 Å². The summed E-state index contributed by atoms with van der Waals surface area (Å²) in [6.07, 6.45) is 9.16. The number of hydrogen-bond acceptors (Lipinski definition) is 5. The van der Waals surface area contributed by atoms with Crippen LogP contribution in [-0.4, -0.2) is 25.9 Å². The minimum atomic E-state index is -0.0154. The Morgan fingerprint density at radius 1 is 0.614 bits per heavy atom. The summed E-state index contributed by atoms with van der Waals surface area (Å²) in [7, 11) is 0. The lowest BCUT2D eigenvalue weighted by atomic mass is 10.0. The molecule has 44 heavy (non-hydrogen) atoms. The number of carbonyl (C=O) groups is 1. The van der Waals surface area contributed by atoms with Crippen molar-refractivity contribution in [1.29, 1.82) is 5.41 Å². The van der Waals surface area contributed by atoms with Crippen LogP contribution in [0.25, 0.3) is 33.6 Å². The highest BCUT2D eigenvalue weighted by Gasteiger charge is 2.10. The zero-order chi connectivity index (χ0) is 30.4. The minimum Gasteiger partial charge on any atom is -0.309 e. The maximum atomic E-state index is 12.3. The van der Waals surface area contributed by atoms with Gasteiger partial charge >= 0.3 is 0 Å². The molecule has 0 aliphatic rings. The highest BCUT2D eigenvalue weighted by molar-refractivity contribution is 5.89. The number of rotatable bonds is 15. The van der Waals surface area contributed by atoms with Gasteiger partial charge in [-0.2, -0.15) is 5.10 Å². The van der Waals surface area contributed by atoms with E-state index in [1.165, 1.54) is 12.8 Å². The first kappa shape index (κ1) is 30.5. The number of hydrogen-bond donors (Lipinski definition) is 2. The lowest BCUT2D eigenvalue weighted by Gasteiger charge is -2.13. The number of aromatic nitrogens is 4. The molecule has 7 nitrogen and oxygen atoms in total. The highest BCUT2D eigenvalue weighted by atomic mass is 16.1. The number of nitrogens with one attached hydrogen (secondary N) is 2. The molecule has 5 rings (SSSR count). The van der Waals surface area contributed by atoms with Crippen molar-refractivity contribution < 1.29 is 4.79 Å². The Morgan fingerprint density at radius 2 is 1.16 bits per heavy atom. The Morgan fingerprint density at radius 3 is 1.75 bits per heavy atom. The summed E-state index contributed by atoms with van der Waals surface area (Å²) in [5, 5.41) is 24.9. The van der Waals surface area contributed by atoms with Crippen LogP contribution in [0.15, 0.2) is 109 Å². The van der Waals surface area contributed by atoms with Gasteiger partial charge in [0.05, 0.1) is 11.4 Å². The maximum absolute atomic E-state index is 12.3. The van der Waals surface area contributed by atoms with E-state index in [0.717, 1.165) is 78.7 Å². The predicted octanol–water partition coefficient (Wildman–Crippen LogP) is 8.30. The van der Waals surface area contributed by atoms with E-state index in [-0.39, 0.29) is 5.91 Å². The fourth-order valence-electron chi connectivity index (χ4n) is 5.28. The standard InChI is InChI=1S/C37H40N6O/c38-37-32(29-18-10-7-11-19-29)28-34(31-22-14-9-15-23-31)42-43(37)27-17-6-4-2-1-3-5-16-24-36(44)39-35-26-25-33(40-41-35)30-20-12-8-13-21-30/h7-15,18-23,25-26,28,38H,1-6,16-17,24,27H2,(H,39,41,44). The van der Waals surface area contributed by atoms with Gasteiger partial charge in [0, 0.05) is 29.7 Å². The Hall–Kier alpha value is -4.91. The third-order valence-electron chi connectivity index (χ3n) is 7.70. The van der Waals surface area contributed by atoms with Crippen LogP contribution in [0.3, 0.4) is 0 Å². The molecule has 0 radical (unpaired) electrons. The molecule has 0 saturated heterocycles. The molecule has 0 fully saturated rings. The van der Waals surface area contributed by atoms with E-state index in [2.05, 4.69) is 39.8 Å². The summed E-state index contributed by atoms with van der Waals surface area (Å²) < 4.78 is 1.86. The number of nitrogens with zero attached hydrogens (tertiary/aromatic N) is 4. The molecule has 0 aliphatic heterocycles. The van der Waals surface area contributed by atoms with Crippen LogP contribution in [-0.2, 0) is 11.3 Å². The van der Waals surface area contributed by atoms with Crippen LogP contribution in [0.2, 0.25) is 0 Å². The Kier molecular flexibility index (Phi) is 11.2. The second kappa shape index (κ2) is 16.1. The number of anilines is 1. The van der Waals surface area contributed by atoms with Gasteiger partial charge in [-0.3, -0.25) is 10.2 Å². The fraction of sp³-hybridized carbons (Fsp3) is 0.270. The second-order valence-corrected chi connectivity index (χ2v) is 11.0. The van der Waals surface area contributed by atoms with Gasteiger partial charge in [-0.25, -0.2) is 4.68 Å². The maximum Gasteiger partial charge on any atom is 0.225 e. The van der Waals surface area contributed by atoms with Gasteiger partial charge in [0.25, 0.3) is 0 Å². The van der Waals surface area contributed by atoms with Crippen LogP contribution in [0.4, 0.5) is 5.82 Å². The summed E-state index contributed by atoms with van der Waals surface area (Å²) in [4.78, 5) is 12.3. The highest BCUT2D eigenvalue weighted by Crippen LogP contribution is 2.22. The SMILES string of the molecule is N=c1c(-c2ccccc2)cc(-c2ccccc2)nn1CCCCCCCCCCC(=O)Nc1ccc(-c2ccccc2)nn1. The van der Waals surface area contributed by atoms with Crippen LogP contribution in [0, 0.1) is 5.41 Å². The molecular weight excluding hydrogens is 544 g/mol. The lowest BCUT2D eigenvalue weighted by Crippen LogP contribution is -2.25. The number of aryl methyl sites for hydroxylation is 1. The number of amides is 1. The molecule has 2 aromatic heterocycles. The van der Waals surface area contributed by atoms with Gasteiger partial charge < -0.3 is 5.32 Å². The Bertz CT molecular complexity index is 1650. The van der Waals surface area contributed by atoms with Crippen molar-refractivity contribution in [3.8, 4) is 33.6 Å². The zero-order valence-corrected chi connectivity index (χ0v) is 25.2.